The van der Waals surface area contributed by atoms with Crippen molar-refractivity contribution in [3.8, 4) is 0 Å². The standard InChI is InChI=1S/C13H20ClNO/c1-12-4-3-5-13(10-12)11-15(7-6-14)8-9-16-2/h3-5,10H,6-9,11H2,1-2H3. The number of rotatable bonds is 7. The molecule has 0 aliphatic carbocycles. The van der Waals surface area contributed by atoms with Crippen LogP contribution in [0, 0.1) is 6.92 Å². The number of hydrogen-bond donors (Lipinski definition) is 0. The molecule has 0 atom stereocenters. The van der Waals surface area contributed by atoms with Gasteiger partial charge in [-0.25, -0.2) is 0 Å². The van der Waals surface area contributed by atoms with Crippen LogP contribution in [-0.4, -0.2) is 37.6 Å². The molecule has 0 N–H and O–H groups in total. The van der Waals surface area contributed by atoms with Crippen molar-refractivity contribution < 1.29 is 4.74 Å². The first-order valence-corrected chi connectivity index (χ1v) is 6.12. The van der Waals surface area contributed by atoms with E-state index >= 15 is 0 Å². The zero-order valence-electron chi connectivity index (χ0n) is 10.1. The number of aryl methyl sites for hydroxylation is 1. The van der Waals surface area contributed by atoms with Crippen LogP contribution >= 0.6 is 11.6 Å². The lowest BCUT2D eigenvalue weighted by molar-refractivity contribution is 0.148. The predicted octanol–water partition coefficient (Wildman–Crippen LogP) is 2.68. The monoisotopic (exact) mass is 241 g/mol. The van der Waals surface area contributed by atoms with Gasteiger partial charge in [0.2, 0.25) is 0 Å². The van der Waals surface area contributed by atoms with Gasteiger partial charge in [0.05, 0.1) is 6.61 Å². The van der Waals surface area contributed by atoms with Crippen LogP contribution in [0.3, 0.4) is 0 Å². The van der Waals surface area contributed by atoms with E-state index in [2.05, 4.69) is 36.1 Å². The topological polar surface area (TPSA) is 12.5 Å². The highest BCUT2D eigenvalue weighted by atomic mass is 35.5. The summed E-state index contributed by atoms with van der Waals surface area (Å²) in [6.45, 7) is 5.64. The highest BCUT2D eigenvalue weighted by molar-refractivity contribution is 6.18. The molecular formula is C13H20ClNO. The Bertz CT molecular complexity index is 304. The molecule has 1 aromatic carbocycles. The molecule has 0 aromatic heterocycles. The first kappa shape index (κ1) is 13.5. The Hall–Kier alpha value is -0.570. The third-order valence-electron chi connectivity index (χ3n) is 2.50. The number of nitrogens with zero attached hydrogens (tertiary/aromatic N) is 1. The van der Waals surface area contributed by atoms with Crippen molar-refractivity contribution in [1.82, 2.24) is 4.90 Å². The summed E-state index contributed by atoms with van der Waals surface area (Å²) in [6.07, 6.45) is 0. The van der Waals surface area contributed by atoms with E-state index < -0.39 is 0 Å². The quantitative estimate of drug-likeness (QED) is 0.681. The van der Waals surface area contributed by atoms with E-state index in [0.717, 1.165) is 26.2 Å². The second-order valence-corrected chi connectivity index (χ2v) is 4.32. The van der Waals surface area contributed by atoms with Crippen molar-refractivity contribution in [2.24, 2.45) is 0 Å². The van der Waals surface area contributed by atoms with Gasteiger partial charge < -0.3 is 4.74 Å². The zero-order chi connectivity index (χ0) is 11.8. The van der Waals surface area contributed by atoms with Gasteiger partial charge in [-0.05, 0) is 12.5 Å². The Morgan fingerprint density at radius 1 is 1.31 bits per heavy atom. The van der Waals surface area contributed by atoms with Gasteiger partial charge in [-0.3, -0.25) is 4.90 Å². The molecule has 0 amide bonds. The Labute approximate surface area is 103 Å². The highest BCUT2D eigenvalue weighted by Gasteiger charge is 2.04. The molecule has 0 spiro atoms. The van der Waals surface area contributed by atoms with E-state index in [9.17, 15) is 0 Å². The third-order valence-corrected chi connectivity index (χ3v) is 2.67. The summed E-state index contributed by atoms with van der Waals surface area (Å²) in [6, 6.07) is 8.58. The minimum Gasteiger partial charge on any atom is -0.383 e. The summed E-state index contributed by atoms with van der Waals surface area (Å²) >= 11 is 5.79. The lowest BCUT2D eigenvalue weighted by atomic mass is 10.1. The molecule has 2 nitrogen and oxygen atoms in total. The van der Waals surface area contributed by atoms with Gasteiger partial charge in [0, 0.05) is 32.6 Å². The van der Waals surface area contributed by atoms with Gasteiger partial charge in [0.25, 0.3) is 0 Å². The van der Waals surface area contributed by atoms with E-state index in [-0.39, 0.29) is 0 Å². The first-order valence-electron chi connectivity index (χ1n) is 5.59. The molecule has 0 aliphatic rings. The fraction of sp³-hybridized carbons (Fsp3) is 0.538. The third kappa shape index (κ3) is 4.97. The summed E-state index contributed by atoms with van der Waals surface area (Å²) in [5.41, 5.74) is 2.64. The largest absolute Gasteiger partial charge is 0.383 e. The second kappa shape index (κ2) is 7.66. The number of methoxy groups -OCH3 is 1. The molecule has 0 radical (unpaired) electrons. The lowest BCUT2D eigenvalue weighted by Crippen LogP contribution is -2.28. The van der Waals surface area contributed by atoms with Crippen molar-refractivity contribution in [2.45, 2.75) is 13.5 Å². The first-order chi connectivity index (χ1) is 7.76. The normalized spacial score (nSPS) is 11.0. The van der Waals surface area contributed by atoms with E-state index in [1.54, 1.807) is 7.11 Å². The number of hydrogen-bond acceptors (Lipinski definition) is 2. The van der Waals surface area contributed by atoms with Crippen LogP contribution < -0.4 is 0 Å². The number of alkyl halides is 1. The van der Waals surface area contributed by atoms with E-state index in [1.165, 1.54) is 11.1 Å². The summed E-state index contributed by atoms with van der Waals surface area (Å²) in [7, 11) is 1.73. The van der Waals surface area contributed by atoms with Crippen LogP contribution in [0.1, 0.15) is 11.1 Å². The van der Waals surface area contributed by atoms with Gasteiger partial charge in [-0.15, -0.1) is 11.6 Å². The Morgan fingerprint density at radius 3 is 2.75 bits per heavy atom. The number of halogens is 1. The van der Waals surface area contributed by atoms with E-state index in [0.29, 0.717) is 5.88 Å². The van der Waals surface area contributed by atoms with Crippen LogP contribution in [0.15, 0.2) is 24.3 Å². The van der Waals surface area contributed by atoms with Crippen LogP contribution in [0.5, 0.6) is 0 Å². The molecule has 0 fully saturated rings. The minimum absolute atomic E-state index is 0.662. The number of ether oxygens (including phenoxy) is 1. The lowest BCUT2D eigenvalue weighted by Gasteiger charge is -2.21. The zero-order valence-corrected chi connectivity index (χ0v) is 10.8. The molecule has 1 rings (SSSR count). The maximum Gasteiger partial charge on any atom is 0.0589 e. The van der Waals surface area contributed by atoms with Crippen LogP contribution in [-0.2, 0) is 11.3 Å². The molecule has 0 saturated heterocycles. The summed E-state index contributed by atoms with van der Waals surface area (Å²) < 4.78 is 5.10. The molecule has 16 heavy (non-hydrogen) atoms. The van der Waals surface area contributed by atoms with Crippen LogP contribution in [0.25, 0.3) is 0 Å². The molecule has 0 unspecified atom stereocenters. The van der Waals surface area contributed by atoms with Gasteiger partial charge in [-0.1, -0.05) is 29.8 Å². The molecule has 0 heterocycles. The maximum absolute atomic E-state index is 5.79. The molecule has 1 aromatic rings. The molecule has 3 heteroatoms. The van der Waals surface area contributed by atoms with Gasteiger partial charge in [0.15, 0.2) is 0 Å². The van der Waals surface area contributed by atoms with Gasteiger partial charge >= 0.3 is 0 Å². The van der Waals surface area contributed by atoms with Gasteiger partial charge in [0.1, 0.15) is 0 Å². The summed E-state index contributed by atoms with van der Waals surface area (Å²) in [5, 5.41) is 0. The van der Waals surface area contributed by atoms with Gasteiger partial charge in [-0.2, -0.15) is 0 Å². The molecule has 90 valence electrons. The fourth-order valence-electron chi connectivity index (χ4n) is 1.68. The van der Waals surface area contributed by atoms with E-state index in [1.807, 2.05) is 0 Å². The van der Waals surface area contributed by atoms with E-state index in [4.69, 9.17) is 16.3 Å². The second-order valence-electron chi connectivity index (χ2n) is 3.95. The molecule has 0 bridgehead atoms. The van der Waals surface area contributed by atoms with Crippen LogP contribution in [0.4, 0.5) is 0 Å². The Kier molecular flexibility index (Phi) is 6.46. The smallest absolute Gasteiger partial charge is 0.0589 e. The summed E-state index contributed by atoms with van der Waals surface area (Å²) in [5.74, 6) is 0.662. The summed E-state index contributed by atoms with van der Waals surface area (Å²) in [4.78, 5) is 2.31. The predicted molar refractivity (Wildman–Crippen MR) is 69.1 cm³/mol. The number of benzene rings is 1. The Balaban J connectivity index is 2.52. The molecular weight excluding hydrogens is 222 g/mol. The molecule has 0 saturated carbocycles. The van der Waals surface area contributed by atoms with Crippen molar-refractivity contribution >= 4 is 11.6 Å². The molecule has 0 aliphatic heterocycles. The van der Waals surface area contributed by atoms with Crippen molar-refractivity contribution in [2.75, 3.05) is 32.7 Å². The van der Waals surface area contributed by atoms with Crippen molar-refractivity contribution in [1.29, 1.82) is 0 Å². The van der Waals surface area contributed by atoms with Crippen molar-refractivity contribution in [3.63, 3.8) is 0 Å². The average Bonchev–Trinajstić information content (AvgIpc) is 2.26. The Morgan fingerprint density at radius 2 is 2.12 bits per heavy atom. The van der Waals surface area contributed by atoms with Crippen molar-refractivity contribution in [3.05, 3.63) is 35.4 Å². The average molecular weight is 242 g/mol. The minimum atomic E-state index is 0.662. The van der Waals surface area contributed by atoms with Crippen LogP contribution in [0.2, 0.25) is 0 Å². The highest BCUT2D eigenvalue weighted by Crippen LogP contribution is 2.07. The fourth-order valence-corrected chi connectivity index (χ4v) is 1.92. The maximum atomic E-state index is 5.79. The SMILES string of the molecule is COCCN(CCCl)Cc1cccc(C)c1.